The normalized spacial score (nSPS) is 29.2. The van der Waals surface area contributed by atoms with Crippen molar-refractivity contribution in [3.63, 3.8) is 0 Å². The van der Waals surface area contributed by atoms with Crippen molar-refractivity contribution >= 4 is 27.5 Å². The summed E-state index contributed by atoms with van der Waals surface area (Å²) in [6, 6.07) is 8.98. The molecule has 26 heavy (non-hydrogen) atoms. The number of rotatable bonds is 5. The van der Waals surface area contributed by atoms with Crippen molar-refractivity contribution < 1.29 is 13.2 Å². The average Bonchev–Trinajstić information content (AvgIpc) is 3.26. The van der Waals surface area contributed by atoms with E-state index in [1.807, 2.05) is 22.7 Å². The first-order valence-electron chi connectivity index (χ1n) is 9.77. The Kier molecular flexibility index (Phi) is 5.33. The summed E-state index contributed by atoms with van der Waals surface area (Å²) in [5, 5.41) is 0.293. The van der Waals surface area contributed by atoms with Crippen LogP contribution < -0.4 is 0 Å². The Morgan fingerprint density at radius 1 is 1.00 bits per heavy atom. The van der Waals surface area contributed by atoms with Crippen LogP contribution in [0.1, 0.15) is 51.4 Å². The molecular weight excluding hydrogens is 366 g/mol. The molecule has 1 aromatic rings. The van der Waals surface area contributed by atoms with Gasteiger partial charge in [0.1, 0.15) is 0 Å². The van der Waals surface area contributed by atoms with Crippen LogP contribution in [0.4, 0.5) is 0 Å². The minimum Gasteiger partial charge on any atom is -0.336 e. The lowest BCUT2D eigenvalue weighted by Crippen LogP contribution is -2.50. The molecule has 1 saturated carbocycles. The number of hydrogen-bond acceptors (Lipinski definition) is 4. The number of carbonyl (C=O) groups is 1. The van der Waals surface area contributed by atoms with Gasteiger partial charge in [-0.25, -0.2) is 8.42 Å². The molecule has 2 saturated heterocycles. The van der Waals surface area contributed by atoms with E-state index < -0.39 is 9.84 Å². The van der Waals surface area contributed by atoms with Gasteiger partial charge in [0.05, 0.1) is 15.9 Å². The van der Waals surface area contributed by atoms with Crippen LogP contribution in [0.2, 0.25) is 0 Å². The predicted molar refractivity (Wildman–Crippen MR) is 105 cm³/mol. The highest BCUT2D eigenvalue weighted by Gasteiger charge is 2.47. The molecule has 2 atom stereocenters. The zero-order chi connectivity index (χ0) is 18.1. The highest BCUT2D eigenvalue weighted by Crippen LogP contribution is 2.40. The lowest BCUT2D eigenvalue weighted by Gasteiger charge is -2.38. The van der Waals surface area contributed by atoms with E-state index in [2.05, 4.69) is 0 Å². The summed E-state index contributed by atoms with van der Waals surface area (Å²) in [7, 11) is -3.31. The topological polar surface area (TPSA) is 54.5 Å². The molecule has 0 radical (unpaired) electrons. The molecule has 0 N–H and O–H groups in total. The third kappa shape index (κ3) is 3.55. The van der Waals surface area contributed by atoms with Gasteiger partial charge in [-0.15, -0.1) is 11.8 Å². The third-order valence-electron chi connectivity index (χ3n) is 6.23. The second-order valence-corrected chi connectivity index (χ2v) is 11.4. The van der Waals surface area contributed by atoms with E-state index in [0.29, 0.717) is 28.7 Å². The van der Waals surface area contributed by atoms with Crippen molar-refractivity contribution in [1.29, 1.82) is 0 Å². The monoisotopic (exact) mass is 393 g/mol. The fourth-order valence-corrected chi connectivity index (χ4v) is 7.98. The maximum atomic E-state index is 13.0. The molecule has 0 unspecified atom stereocenters. The van der Waals surface area contributed by atoms with Gasteiger partial charge in [-0.1, -0.05) is 31.0 Å². The van der Waals surface area contributed by atoms with Gasteiger partial charge >= 0.3 is 0 Å². The van der Waals surface area contributed by atoms with Gasteiger partial charge in [-0.3, -0.25) is 4.79 Å². The molecule has 3 fully saturated rings. The molecule has 2 heterocycles. The number of hydrogen-bond donors (Lipinski definition) is 0. The first kappa shape index (κ1) is 18.4. The van der Waals surface area contributed by atoms with Crippen molar-refractivity contribution in [2.75, 3.05) is 5.75 Å². The van der Waals surface area contributed by atoms with Gasteiger partial charge in [0, 0.05) is 17.3 Å². The second kappa shape index (κ2) is 7.55. The van der Waals surface area contributed by atoms with Crippen molar-refractivity contribution in [2.45, 2.75) is 78.8 Å². The highest BCUT2D eigenvalue weighted by molar-refractivity contribution is 8.00. The number of carbonyl (C=O) groups excluding carboxylic acids is 1. The Labute approximate surface area is 160 Å². The van der Waals surface area contributed by atoms with E-state index in [1.54, 1.807) is 24.3 Å². The van der Waals surface area contributed by atoms with E-state index in [4.69, 9.17) is 0 Å². The summed E-state index contributed by atoms with van der Waals surface area (Å²) < 4.78 is 25.9. The molecule has 2 aliphatic heterocycles. The first-order chi connectivity index (χ1) is 12.6. The first-order valence-corrected chi connectivity index (χ1v) is 12.4. The van der Waals surface area contributed by atoms with Crippen molar-refractivity contribution in [1.82, 2.24) is 4.90 Å². The smallest absolute Gasteiger partial charge is 0.233 e. The fourth-order valence-electron chi connectivity index (χ4n) is 4.91. The maximum absolute atomic E-state index is 13.0. The summed E-state index contributed by atoms with van der Waals surface area (Å²) in [5.41, 5.74) is 0. The number of sulfone groups is 1. The molecule has 2 bridgehead atoms. The Balaban J connectivity index is 1.41. The average molecular weight is 394 g/mol. The van der Waals surface area contributed by atoms with Crippen LogP contribution in [0.15, 0.2) is 35.2 Å². The Morgan fingerprint density at radius 2 is 1.62 bits per heavy atom. The van der Waals surface area contributed by atoms with E-state index in [9.17, 15) is 13.2 Å². The number of thioether (sulfide) groups is 1. The van der Waals surface area contributed by atoms with Gasteiger partial charge in [-0.2, -0.15) is 0 Å². The summed E-state index contributed by atoms with van der Waals surface area (Å²) in [6.07, 6.45) is 8.14. The van der Waals surface area contributed by atoms with Gasteiger partial charge in [0.2, 0.25) is 5.91 Å². The fraction of sp³-hybridized carbons (Fsp3) is 0.650. The van der Waals surface area contributed by atoms with Gasteiger partial charge in [0.15, 0.2) is 9.84 Å². The molecule has 6 heteroatoms. The second-order valence-electron chi connectivity index (χ2n) is 7.85. The Morgan fingerprint density at radius 3 is 2.23 bits per heavy atom. The van der Waals surface area contributed by atoms with E-state index in [1.165, 1.54) is 25.7 Å². The molecule has 142 valence electrons. The molecule has 0 spiro atoms. The zero-order valence-electron chi connectivity index (χ0n) is 15.0. The molecule has 1 aromatic carbocycles. The van der Waals surface area contributed by atoms with E-state index in [0.717, 1.165) is 12.8 Å². The van der Waals surface area contributed by atoms with Gasteiger partial charge in [0.25, 0.3) is 0 Å². The Bertz CT molecular complexity index is 730. The quantitative estimate of drug-likeness (QED) is 0.766. The van der Waals surface area contributed by atoms with E-state index in [-0.39, 0.29) is 23.2 Å². The molecule has 0 aromatic heterocycles. The molecule has 3 aliphatic rings. The summed E-state index contributed by atoms with van der Waals surface area (Å²) in [5.74, 6) is 0.790. The van der Waals surface area contributed by atoms with Gasteiger partial charge in [-0.05, 0) is 50.7 Å². The molecule has 1 aliphatic carbocycles. The summed E-state index contributed by atoms with van der Waals surface area (Å²) in [4.78, 5) is 15.3. The van der Waals surface area contributed by atoms with Crippen LogP contribution in [-0.2, 0) is 14.6 Å². The third-order valence-corrected chi connectivity index (χ3v) is 9.78. The van der Waals surface area contributed by atoms with Crippen LogP contribution in [0.25, 0.3) is 0 Å². The van der Waals surface area contributed by atoms with Crippen molar-refractivity contribution in [2.24, 2.45) is 0 Å². The number of benzene rings is 1. The minimum atomic E-state index is -3.31. The lowest BCUT2D eigenvalue weighted by molar-refractivity contribution is -0.132. The van der Waals surface area contributed by atoms with E-state index >= 15 is 0 Å². The number of fused-ring (bicyclic) bond motifs is 2. The van der Waals surface area contributed by atoms with Crippen LogP contribution in [-0.4, -0.2) is 47.6 Å². The van der Waals surface area contributed by atoms with Crippen molar-refractivity contribution in [3.05, 3.63) is 30.3 Å². The van der Waals surface area contributed by atoms with Gasteiger partial charge < -0.3 is 4.90 Å². The van der Waals surface area contributed by atoms with Crippen LogP contribution in [0.5, 0.6) is 0 Å². The molecule has 4 rings (SSSR count). The largest absolute Gasteiger partial charge is 0.336 e. The van der Waals surface area contributed by atoms with Crippen LogP contribution >= 0.6 is 11.8 Å². The summed E-state index contributed by atoms with van der Waals surface area (Å²) >= 11 is 1.81. The van der Waals surface area contributed by atoms with Crippen LogP contribution in [0.3, 0.4) is 0 Å². The minimum absolute atomic E-state index is 0.105. The highest BCUT2D eigenvalue weighted by atomic mass is 32.2. The zero-order valence-corrected chi connectivity index (χ0v) is 16.7. The van der Waals surface area contributed by atoms with Crippen molar-refractivity contribution in [3.8, 4) is 0 Å². The number of nitrogens with zero attached hydrogens (tertiary/aromatic N) is 1. The molecular formula is C20H27NO3S2. The number of piperidine rings is 1. The molecule has 1 amide bonds. The standard InChI is InChI=1S/C20H27NO3S2/c22-20(14-25-17-6-4-5-7-17)21-15-10-11-16(21)13-19(12-15)26(23,24)18-8-2-1-3-9-18/h1-3,8-9,15-17,19H,4-7,10-14H2/t15-,16-/m1/s1. The molecule has 4 nitrogen and oxygen atoms in total. The van der Waals surface area contributed by atoms with Crippen LogP contribution in [0, 0.1) is 0 Å². The summed E-state index contributed by atoms with van der Waals surface area (Å²) in [6.45, 7) is 0. The number of amides is 1. The SMILES string of the molecule is O=C(CSC1CCCC1)N1[C@@H]2CC[C@@H]1CC(S(=O)(=O)c1ccccc1)C2. The maximum Gasteiger partial charge on any atom is 0.233 e. The predicted octanol–water partition coefficient (Wildman–Crippen LogP) is 3.66. The lowest BCUT2D eigenvalue weighted by atomic mass is 10.0. The Hall–Kier alpha value is -1.01.